The lowest BCUT2D eigenvalue weighted by molar-refractivity contribution is -0.132. The van der Waals surface area contributed by atoms with Crippen molar-refractivity contribution in [2.75, 3.05) is 11.5 Å². The minimum atomic E-state index is -0.921. The van der Waals surface area contributed by atoms with Gasteiger partial charge in [0.05, 0.1) is 29.5 Å². The average Bonchev–Trinajstić information content (AvgIpc) is 3.13. The maximum atomic E-state index is 13.1. The Morgan fingerprint density at radius 1 is 1.09 bits per heavy atom. The number of nitrogens with zero attached hydrogens (tertiary/aromatic N) is 3. The SMILES string of the molecule is CCCOc1ccc(/C(O)=C2/C(=O)C(=O)N(c3ccc(C#N)cc3)C2c2ccccn2)cc1. The van der Waals surface area contributed by atoms with Crippen molar-refractivity contribution in [3.63, 3.8) is 0 Å². The van der Waals surface area contributed by atoms with E-state index in [0.29, 0.717) is 34.9 Å². The standard InChI is InChI=1S/C26H21N3O4/c1-2-15-33-20-12-8-18(9-13-20)24(30)22-23(21-5-3-4-14-28-21)29(26(32)25(22)31)19-10-6-17(16-27)7-11-19/h3-14,23,30H,2,15H2,1H3/b24-22-. The van der Waals surface area contributed by atoms with Gasteiger partial charge in [-0.15, -0.1) is 0 Å². The second-order valence-electron chi connectivity index (χ2n) is 7.46. The minimum Gasteiger partial charge on any atom is -0.507 e. The molecule has 1 aromatic heterocycles. The molecule has 1 saturated heterocycles. The van der Waals surface area contributed by atoms with Crippen molar-refractivity contribution < 1.29 is 19.4 Å². The number of carbonyl (C=O) groups is 2. The molecule has 7 nitrogen and oxygen atoms in total. The number of aliphatic hydroxyl groups is 1. The van der Waals surface area contributed by atoms with Crippen LogP contribution in [-0.2, 0) is 9.59 Å². The first-order valence-corrected chi connectivity index (χ1v) is 10.5. The second-order valence-corrected chi connectivity index (χ2v) is 7.46. The van der Waals surface area contributed by atoms with Gasteiger partial charge in [-0.1, -0.05) is 13.0 Å². The van der Waals surface area contributed by atoms with E-state index >= 15 is 0 Å². The highest BCUT2D eigenvalue weighted by Gasteiger charge is 2.47. The third-order valence-electron chi connectivity index (χ3n) is 5.29. The summed E-state index contributed by atoms with van der Waals surface area (Å²) in [5, 5.41) is 20.2. The number of ether oxygens (including phenoxy) is 1. The van der Waals surface area contributed by atoms with Crippen LogP contribution in [0.15, 0.2) is 78.5 Å². The number of rotatable bonds is 6. The number of hydrogen-bond acceptors (Lipinski definition) is 6. The van der Waals surface area contributed by atoms with Crippen molar-refractivity contribution >= 4 is 23.1 Å². The van der Waals surface area contributed by atoms with Gasteiger partial charge in [-0.05, 0) is 67.1 Å². The van der Waals surface area contributed by atoms with E-state index < -0.39 is 17.7 Å². The first kappa shape index (κ1) is 21.8. The highest BCUT2D eigenvalue weighted by atomic mass is 16.5. The van der Waals surface area contributed by atoms with E-state index in [1.807, 2.05) is 13.0 Å². The van der Waals surface area contributed by atoms with E-state index in [4.69, 9.17) is 10.00 Å². The number of aliphatic hydroxyl groups excluding tert-OH is 1. The number of anilines is 1. The number of nitriles is 1. The Hall–Kier alpha value is -4.44. The van der Waals surface area contributed by atoms with Crippen LogP contribution in [-0.4, -0.2) is 28.4 Å². The number of pyridine rings is 1. The van der Waals surface area contributed by atoms with Gasteiger partial charge in [-0.3, -0.25) is 19.5 Å². The maximum Gasteiger partial charge on any atom is 0.300 e. The van der Waals surface area contributed by atoms with Crippen molar-refractivity contribution in [1.29, 1.82) is 5.26 Å². The van der Waals surface area contributed by atoms with E-state index in [-0.39, 0.29) is 11.3 Å². The van der Waals surface area contributed by atoms with Crippen molar-refractivity contribution in [3.05, 3.63) is 95.3 Å². The molecule has 7 heteroatoms. The number of hydrogen-bond donors (Lipinski definition) is 1. The van der Waals surface area contributed by atoms with E-state index in [0.717, 1.165) is 6.42 Å². The first-order valence-electron chi connectivity index (χ1n) is 10.5. The summed E-state index contributed by atoms with van der Waals surface area (Å²) in [5.41, 5.74) is 1.62. The summed E-state index contributed by atoms with van der Waals surface area (Å²) in [6.45, 7) is 2.57. The molecule has 2 aromatic carbocycles. The molecule has 1 atom stereocenters. The van der Waals surface area contributed by atoms with E-state index in [1.165, 1.54) is 4.90 Å². The monoisotopic (exact) mass is 439 g/mol. The van der Waals surface area contributed by atoms with Crippen molar-refractivity contribution in [1.82, 2.24) is 4.98 Å². The molecule has 0 spiro atoms. The molecule has 164 valence electrons. The Morgan fingerprint density at radius 3 is 2.42 bits per heavy atom. The van der Waals surface area contributed by atoms with Crippen LogP contribution in [0.4, 0.5) is 5.69 Å². The molecule has 2 heterocycles. The fourth-order valence-electron chi connectivity index (χ4n) is 3.70. The van der Waals surface area contributed by atoms with Crippen LogP contribution in [0, 0.1) is 11.3 Å². The van der Waals surface area contributed by atoms with E-state index in [1.54, 1.807) is 72.9 Å². The molecule has 0 bridgehead atoms. The van der Waals surface area contributed by atoms with Crippen LogP contribution in [0.25, 0.3) is 5.76 Å². The van der Waals surface area contributed by atoms with Crippen LogP contribution in [0.2, 0.25) is 0 Å². The smallest absolute Gasteiger partial charge is 0.300 e. The van der Waals surface area contributed by atoms with Crippen LogP contribution in [0.5, 0.6) is 5.75 Å². The molecular weight excluding hydrogens is 418 g/mol. The van der Waals surface area contributed by atoms with E-state index in [2.05, 4.69) is 4.98 Å². The Bertz CT molecular complexity index is 1240. The lowest BCUT2D eigenvalue weighted by Crippen LogP contribution is -2.29. The summed E-state index contributed by atoms with van der Waals surface area (Å²) in [7, 11) is 0. The number of amides is 1. The predicted octanol–water partition coefficient (Wildman–Crippen LogP) is 4.37. The highest BCUT2D eigenvalue weighted by Crippen LogP contribution is 2.41. The normalized spacial score (nSPS) is 17.1. The fourth-order valence-corrected chi connectivity index (χ4v) is 3.70. The van der Waals surface area contributed by atoms with Gasteiger partial charge >= 0.3 is 0 Å². The van der Waals surface area contributed by atoms with E-state index in [9.17, 15) is 14.7 Å². The molecule has 1 aliphatic heterocycles. The van der Waals surface area contributed by atoms with Crippen LogP contribution < -0.4 is 9.64 Å². The zero-order valence-electron chi connectivity index (χ0n) is 17.9. The molecule has 4 rings (SSSR count). The molecule has 1 N–H and O–H groups in total. The zero-order valence-corrected chi connectivity index (χ0v) is 17.9. The van der Waals surface area contributed by atoms with Gasteiger partial charge in [0.2, 0.25) is 0 Å². The zero-order chi connectivity index (χ0) is 23.4. The number of Topliss-reactive ketones (excluding diaryl/α,β-unsaturated/α-hetero) is 1. The first-order chi connectivity index (χ1) is 16.0. The summed E-state index contributed by atoms with van der Waals surface area (Å²) in [4.78, 5) is 31.8. The van der Waals surface area contributed by atoms with Gasteiger partial charge in [0, 0.05) is 17.4 Å². The minimum absolute atomic E-state index is 0.0507. The molecule has 0 aliphatic carbocycles. The van der Waals surface area contributed by atoms with Crippen LogP contribution in [0.1, 0.15) is 36.2 Å². The highest BCUT2D eigenvalue weighted by molar-refractivity contribution is 6.51. The quantitative estimate of drug-likeness (QED) is 0.348. The Balaban J connectivity index is 1.82. The lowest BCUT2D eigenvalue weighted by Gasteiger charge is -2.24. The predicted molar refractivity (Wildman–Crippen MR) is 122 cm³/mol. The van der Waals surface area contributed by atoms with Crippen LogP contribution in [0.3, 0.4) is 0 Å². The van der Waals surface area contributed by atoms with Crippen molar-refractivity contribution in [3.8, 4) is 11.8 Å². The second kappa shape index (κ2) is 9.37. The average molecular weight is 439 g/mol. The molecule has 3 aromatic rings. The van der Waals surface area contributed by atoms with Gasteiger partial charge < -0.3 is 9.84 Å². The molecule has 1 aliphatic rings. The summed E-state index contributed by atoms with van der Waals surface area (Å²) in [6.07, 6.45) is 2.43. The third kappa shape index (κ3) is 4.19. The van der Waals surface area contributed by atoms with Gasteiger partial charge in [-0.2, -0.15) is 5.26 Å². The van der Waals surface area contributed by atoms with Gasteiger partial charge in [0.1, 0.15) is 17.6 Å². The molecule has 0 radical (unpaired) electrons. The van der Waals surface area contributed by atoms with Gasteiger partial charge in [0.25, 0.3) is 11.7 Å². The Kier molecular flexibility index (Phi) is 6.18. The topological polar surface area (TPSA) is 104 Å². The third-order valence-corrected chi connectivity index (χ3v) is 5.29. The lowest BCUT2D eigenvalue weighted by atomic mass is 9.98. The Morgan fingerprint density at radius 2 is 1.82 bits per heavy atom. The van der Waals surface area contributed by atoms with Gasteiger partial charge in [0.15, 0.2) is 0 Å². The molecule has 0 saturated carbocycles. The summed E-state index contributed by atoms with van der Waals surface area (Å²) in [6, 6.07) is 19.3. The number of carbonyl (C=O) groups excluding carboxylic acids is 2. The molecule has 33 heavy (non-hydrogen) atoms. The summed E-state index contributed by atoms with van der Waals surface area (Å²) in [5.74, 6) is -1.23. The maximum absolute atomic E-state index is 13.1. The fraction of sp³-hybridized carbons (Fsp3) is 0.154. The molecule has 1 fully saturated rings. The van der Waals surface area contributed by atoms with Gasteiger partial charge in [-0.25, -0.2) is 0 Å². The number of aromatic nitrogens is 1. The largest absolute Gasteiger partial charge is 0.507 e. The number of ketones is 1. The van der Waals surface area contributed by atoms with Crippen molar-refractivity contribution in [2.24, 2.45) is 0 Å². The molecular formula is C26H21N3O4. The van der Waals surface area contributed by atoms with Crippen molar-refractivity contribution in [2.45, 2.75) is 19.4 Å². The van der Waals surface area contributed by atoms with Crippen LogP contribution >= 0.6 is 0 Å². The number of benzene rings is 2. The summed E-state index contributed by atoms with van der Waals surface area (Å²) < 4.78 is 5.58. The molecule has 1 unspecified atom stereocenters. The Labute approximate surface area is 191 Å². The molecule has 1 amide bonds. The summed E-state index contributed by atoms with van der Waals surface area (Å²) >= 11 is 0.